The summed E-state index contributed by atoms with van der Waals surface area (Å²) in [6.07, 6.45) is 1.87. The predicted octanol–water partition coefficient (Wildman–Crippen LogP) is 3.24. The lowest BCUT2D eigenvalue weighted by atomic mass is 10.6. The molecule has 0 amide bonds. The lowest BCUT2D eigenvalue weighted by Crippen LogP contribution is -1.72. The lowest BCUT2D eigenvalue weighted by molar-refractivity contribution is 1.26. The number of nitrogens with zero attached hydrogens (tertiary/aromatic N) is 1. The van der Waals surface area contributed by atoms with E-state index in [1.54, 1.807) is 11.3 Å². The number of halogens is 2. The van der Waals surface area contributed by atoms with Crippen LogP contribution in [0.4, 0.5) is 0 Å². The van der Waals surface area contributed by atoms with Crippen molar-refractivity contribution >= 4 is 43.2 Å². The number of hydrogen-bond donors (Lipinski definition) is 0. The zero-order chi connectivity index (χ0) is 6.85. The molecule has 0 fully saturated rings. The first-order valence-electron chi connectivity index (χ1n) is 2.40. The Bertz CT molecular complexity index is 197. The first-order valence-corrected chi connectivity index (χ1v) is 5.05. The highest BCUT2D eigenvalue weighted by Gasteiger charge is 2.04. The van der Waals surface area contributed by atoms with Crippen LogP contribution in [0.5, 0.6) is 0 Å². The normalized spacial score (nSPS) is 10.7. The summed E-state index contributed by atoms with van der Waals surface area (Å²) in [5.74, 6) is 0. The second kappa shape index (κ2) is 3.12. The molecule has 0 aliphatic carbocycles. The summed E-state index contributed by atoms with van der Waals surface area (Å²) in [5.41, 5.74) is 0. The van der Waals surface area contributed by atoms with E-state index in [0.29, 0.717) is 0 Å². The highest BCUT2D eigenvalue weighted by molar-refractivity contribution is 9.24. The van der Waals surface area contributed by atoms with Crippen molar-refractivity contribution < 1.29 is 0 Å². The fraction of sp³-hybridized carbons (Fsp3) is 0.400. The number of rotatable bonds is 1. The summed E-state index contributed by atoms with van der Waals surface area (Å²) < 4.78 is 0.212. The second-order valence-corrected chi connectivity index (χ2v) is 5.94. The van der Waals surface area contributed by atoms with Gasteiger partial charge in [-0.3, -0.25) is 0 Å². The van der Waals surface area contributed by atoms with Crippen LogP contribution in [-0.4, -0.2) is 4.98 Å². The first kappa shape index (κ1) is 7.69. The number of thiazole rings is 1. The van der Waals surface area contributed by atoms with Crippen molar-refractivity contribution in [2.24, 2.45) is 0 Å². The Morgan fingerprint density at radius 2 is 2.33 bits per heavy atom. The summed E-state index contributed by atoms with van der Waals surface area (Å²) in [4.78, 5) is 5.38. The number of aryl methyl sites for hydroxylation is 1. The van der Waals surface area contributed by atoms with Crippen LogP contribution in [0.15, 0.2) is 6.20 Å². The maximum absolute atomic E-state index is 4.14. The minimum atomic E-state index is 0.212. The molecule has 0 N–H and O–H groups in total. The molecule has 0 aliphatic rings. The third-order valence-corrected chi connectivity index (χ3v) is 3.28. The van der Waals surface area contributed by atoms with Gasteiger partial charge in [0, 0.05) is 11.1 Å². The van der Waals surface area contributed by atoms with Gasteiger partial charge in [0.25, 0.3) is 0 Å². The van der Waals surface area contributed by atoms with Gasteiger partial charge in [-0.25, -0.2) is 4.98 Å². The molecule has 0 bridgehead atoms. The quantitative estimate of drug-likeness (QED) is 0.714. The molecule has 0 spiro atoms. The standard InChI is InChI=1S/C5H5Br2NS/c1-3-2-8-5(9-3)4(6)7/h2,4H,1H3. The van der Waals surface area contributed by atoms with Gasteiger partial charge in [0.05, 0.1) is 0 Å². The maximum Gasteiger partial charge on any atom is 0.121 e. The van der Waals surface area contributed by atoms with Gasteiger partial charge in [-0.15, -0.1) is 11.3 Å². The van der Waals surface area contributed by atoms with Crippen molar-refractivity contribution in [2.45, 2.75) is 10.7 Å². The van der Waals surface area contributed by atoms with Crippen LogP contribution in [-0.2, 0) is 0 Å². The Kier molecular flexibility index (Phi) is 2.67. The van der Waals surface area contributed by atoms with Crippen LogP contribution in [0.1, 0.15) is 13.6 Å². The third kappa shape index (κ3) is 2.02. The Morgan fingerprint density at radius 1 is 1.67 bits per heavy atom. The maximum atomic E-state index is 4.14. The molecule has 1 heterocycles. The van der Waals surface area contributed by atoms with Crippen LogP contribution >= 0.6 is 43.2 Å². The van der Waals surface area contributed by atoms with Crippen LogP contribution in [0.3, 0.4) is 0 Å². The summed E-state index contributed by atoms with van der Waals surface area (Å²) in [6, 6.07) is 0. The first-order chi connectivity index (χ1) is 4.20. The van der Waals surface area contributed by atoms with E-state index in [0.717, 1.165) is 5.01 Å². The minimum absolute atomic E-state index is 0.212. The SMILES string of the molecule is Cc1cnc(C(Br)Br)s1. The van der Waals surface area contributed by atoms with Crippen molar-refractivity contribution in [3.05, 3.63) is 16.1 Å². The van der Waals surface area contributed by atoms with E-state index < -0.39 is 0 Å². The Morgan fingerprint density at radius 3 is 2.56 bits per heavy atom. The number of hydrogen-bond acceptors (Lipinski definition) is 2. The van der Waals surface area contributed by atoms with Crippen molar-refractivity contribution in [3.8, 4) is 0 Å². The molecule has 0 unspecified atom stereocenters. The highest BCUT2D eigenvalue weighted by atomic mass is 79.9. The van der Waals surface area contributed by atoms with Crippen LogP contribution in [0, 0.1) is 6.92 Å². The molecule has 1 nitrogen and oxygen atoms in total. The molecule has 0 aromatic carbocycles. The lowest BCUT2D eigenvalue weighted by Gasteiger charge is -1.90. The van der Waals surface area contributed by atoms with E-state index in [4.69, 9.17) is 0 Å². The molecule has 0 radical (unpaired) electrons. The van der Waals surface area contributed by atoms with Gasteiger partial charge in [-0.05, 0) is 6.92 Å². The van der Waals surface area contributed by atoms with Crippen molar-refractivity contribution in [3.63, 3.8) is 0 Å². The molecule has 4 heteroatoms. The zero-order valence-corrected chi connectivity index (χ0v) is 8.75. The molecule has 1 aromatic rings. The molecule has 9 heavy (non-hydrogen) atoms. The Labute approximate surface area is 74.8 Å². The van der Waals surface area contributed by atoms with E-state index in [1.807, 2.05) is 13.1 Å². The Hall–Kier alpha value is 0.590. The van der Waals surface area contributed by atoms with E-state index in [1.165, 1.54) is 4.88 Å². The third-order valence-electron chi connectivity index (χ3n) is 0.826. The van der Waals surface area contributed by atoms with Crippen LogP contribution in [0.25, 0.3) is 0 Å². The number of aromatic nitrogens is 1. The van der Waals surface area contributed by atoms with Gasteiger partial charge in [0.2, 0.25) is 0 Å². The fourth-order valence-electron chi connectivity index (χ4n) is 0.473. The largest absolute Gasteiger partial charge is 0.247 e. The fourth-order valence-corrected chi connectivity index (χ4v) is 1.90. The number of alkyl halides is 2. The van der Waals surface area contributed by atoms with Crippen molar-refractivity contribution in [2.75, 3.05) is 0 Å². The van der Waals surface area contributed by atoms with Gasteiger partial charge in [0.15, 0.2) is 0 Å². The smallest absolute Gasteiger partial charge is 0.121 e. The van der Waals surface area contributed by atoms with Gasteiger partial charge in [-0.1, -0.05) is 31.9 Å². The molecule has 0 saturated heterocycles. The van der Waals surface area contributed by atoms with Crippen LogP contribution < -0.4 is 0 Å². The molecule has 1 rings (SSSR count). The Balaban J connectivity index is 2.85. The summed E-state index contributed by atoms with van der Waals surface area (Å²) in [6.45, 7) is 2.05. The summed E-state index contributed by atoms with van der Waals surface area (Å²) >= 11 is 8.41. The van der Waals surface area contributed by atoms with E-state index in [9.17, 15) is 0 Å². The van der Waals surface area contributed by atoms with Crippen molar-refractivity contribution in [1.82, 2.24) is 4.98 Å². The minimum Gasteiger partial charge on any atom is -0.247 e. The highest BCUT2D eigenvalue weighted by Crippen LogP contribution is 2.31. The summed E-state index contributed by atoms with van der Waals surface area (Å²) in [7, 11) is 0. The molecular formula is C5H5Br2NS. The van der Waals surface area contributed by atoms with Gasteiger partial charge >= 0.3 is 0 Å². The molecule has 0 saturated carbocycles. The van der Waals surface area contributed by atoms with E-state index in [2.05, 4.69) is 36.8 Å². The average molecular weight is 271 g/mol. The zero-order valence-electron chi connectivity index (χ0n) is 4.77. The van der Waals surface area contributed by atoms with Gasteiger partial charge in [-0.2, -0.15) is 0 Å². The van der Waals surface area contributed by atoms with Gasteiger partial charge in [0.1, 0.15) is 8.74 Å². The van der Waals surface area contributed by atoms with Crippen molar-refractivity contribution in [1.29, 1.82) is 0 Å². The summed E-state index contributed by atoms with van der Waals surface area (Å²) in [5, 5.41) is 1.08. The topological polar surface area (TPSA) is 12.9 Å². The molecule has 0 atom stereocenters. The van der Waals surface area contributed by atoms with Gasteiger partial charge < -0.3 is 0 Å². The molecule has 50 valence electrons. The molecular weight excluding hydrogens is 266 g/mol. The molecule has 1 aromatic heterocycles. The van der Waals surface area contributed by atoms with E-state index in [-0.39, 0.29) is 3.74 Å². The monoisotopic (exact) mass is 269 g/mol. The second-order valence-electron chi connectivity index (χ2n) is 1.61. The average Bonchev–Trinajstić information content (AvgIpc) is 2.14. The van der Waals surface area contributed by atoms with Crippen LogP contribution in [0.2, 0.25) is 0 Å². The van der Waals surface area contributed by atoms with E-state index >= 15 is 0 Å². The molecule has 0 aliphatic heterocycles. The predicted molar refractivity (Wildman–Crippen MR) is 47.4 cm³/mol.